The molecule has 0 fully saturated rings. The van der Waals surface area contributed by atoms with Crippen LogP contribution in [0.5, 0.6) is 0 Å². The van der Waals surface area contributed by atoms with E-state index in [4.69, 9.17) is 4.74 Å². The molecule has 0 amide bonds. The van der Waals surface area contributed by atoms with Crippen LogP contribution in [-0.2, 0) is 22.4 Å². The van der Waals surface area contributed by atoms with E-state index in [-0.39, 0.29) is 6.10 Å². The van der Waals surface area contributed by atoms with Crippen LogP contribution in [0.1, 0.15) is 25.2 Å². The lowest BCUT2D eigenvalue weighted by Gasteiger charge is -2.05. The smallest absolute Gasteiger partial charge is 0.293 e. The Morgan fingerprint density at radius 2 is 2.54 bits per heavy atom. The molecule has 72 valence electrons. The number of carbonyl (C=O) groups is 1. The zero-order chi connectivity index (χ0) is 9.68. The Balaban J connectivity index is 2.48. The van der Waals surface area contributed by atoms with Gasteiger partial charge in [0, 0.05) is 12.1 Å². The number of hydrogen-bond acceptors (Lipinski definition) is 3. The van der Waals surface area contributed by atoms with E-state index in [0.717, 1.165) is 17.8 Å². The number of rotatable bonds is 5. The highest BCUT2D eigenvalue weighted by Gasteiger charge is 2.06. The van der Waals surface area contributed by atoms with Gasteiger partial charge in [0.2, 0.25) is 0 Å². The fraction of sp³-hybridized carbons (Fsp3) is 0.556. The average molecular weight is 182 g/mol. The van der Waals surface area contributed by atoms with E-state index in [1.165, 1.54) is 0 Å². The Kier molecular flexibility index (Phi) is 3.49. The summed E-state index contributed by atoms with van der Waals surface area (Å²) in [5, 5.41) is 7.00. The predicted octanol–water partition coefficient (Wildman–Crippen LogP) is 1.08. The molecule has 4 heteroatoms. The van der Waals surface area contributed by atoms with Crippen LogP contribution in [0.3, 0.4) is 0 Å². The number of H-pyrrole nitrogens is 1. The number of aryl methyl sites for hydroxylation is 1. The molecule has 1 atom stereocenters. The van der Waals surface area contributed by atoms with Crippen molar-refractivity contribution >= 4 is 6.47 Å². The van der Waals surface area contributed by atoms with Crippen LogP contribution < -0.4 is 0 Å². The standard InChI is InChI=1S/C9H14N2O2/c1-3-8-5-9(11-10-8)4-7(2)13-6-12/h5-7H,3-4H2,1-2H3,(H,10,11). The van der Waals surface area contributed by atoms with E-state index in [2.05, 4.69) is 17.1 Å². The average Bonchev–Trinajstić information content (AvgIpc) is 2.52. The first-order valence-electron chi connectivity index (χ1n) is 4.38. The second-order valence-electron chi connectivity index (χ2n) is 2.99. The molecular formula is C9H14N2O2. The highest BCUT2D eigenvalue weighted by Crippen LogP contribution is 2.04. The van der Waals surface area contributed by atoms with E-state index in [1.807, 2.05) is 13.0 Å². The summed E-state index contributed by atoms with van der Waals surface area (Å²) in [5.41, 5.74) is 2.04. The fourth-order valence-corrected chi connectivity index (χ4v) is 1.13. The molecule has 0 saturated heterocycles. The van der Waals surface area contributed by atoms with Crippen molar-refractivity contribution < 1.29 is 9.53 Å². The van der Waals surface area contributed by atoms with E-state index in [0.29, 0.717) is 12.9 Å². The third-order valence-electron chi connectivity index (χ3n) is 1.85. The van der Waals surface area contributed by atoms with Crippen LogP contribution in [0.25, 0.3) is 0 Å². The highest BCUT2D eigenvalue weighted by molar-refractivity contribution is 5.37. The van der Waals surface area contributed by atoms with Crippen molar-refractivity contribution in [3.05, 3.63) is 17.5 Å². The summed E-state index contributed by atoms with van der Waals surface area (Å²) >= 11 is 0. The van der Waals surface area contributed by atoms with Gasteiger partial charge in [0.05, 0.1) is 5.69 Å². The van der Waals surface area contributed by atoms with Gasteiger partial charge in [-0.15, -0.1) is 0 Å². The van der Waals surface area contributed by atoms with E-state index < -0.39 is 0 Å². The zero-order valence-electron chi connectivity index (χ0n) is 7.91. The van der Waals surface area contributed by atoms with Crippen molar-refractivity contribution in [2.75, 3.05) is 0 Å². The first-order chi connectivity index (χ1) is 6.26. The molecule has 0 aliphatic rings. The van der Waals surface area contributed by atoms with Crippen molar-refractivity contribution in [1.82, 2.24) is 10.2 Å². The van der Waals surface area contributed by atoms with Crippen LogP contribution >= 0.6 is 0 Å². The molecule has 1 heterocycles. The van der Waals surface area contributed by atoms with Gasteiger partial charge in [-0.05, 0) is 19.4 Å². The normalized spacial score (nSPS) is 12.5. The maximum atomic E-state index is 10.0. The Morgan fingerprint density at radius 3 is 3.08 bits per heavy atom. The highest BCUT2D eigenvalue weighted by atomic mass is 16.5. The summed E-state index contributed by atoms with van der Waals surface area (Å²) < 4.78 is 4.75. The van der Waals surface area contributed by atoms with Gasteiger partial charge in [-0.25, -0.2) is 0 Å². The molecule has 0 aliphatic carbocycles. The Labute approximate surface area is 77.3 Å². The van der Waals surface area contributed by atoms with Crippen molar-refractivity contribution in [3.8, 4) is 0 Å². The Bertz CT molecular complexity index is 270. The van der Waals surface area contributed by atoms with Gasteiger partial charge in [-0.1, -0.05) is 6.92 Å². The Hall–Kier alpha value is -1.32. The summed E-state index contributed by atoms with van der Waals surface area (Å²) in [6.07, 6.45) is 1.50. The second kappa shape index (κ2) is 4.64. The number of ether oxygens (including phenoxy) is 1. The molecular weight excluding hydrogens is 168 g/mol. The number of aromatic nitrogens is 2. The monoisotopic (exact) mass is 182 g/mol. The summed E-state index contributed by atoms with van der Waals surface area (Å²) in [7, 11) is 0. The summed E-state index contributed by atoms with van der Waals surface area (Å²) in [5.74, 6) is 0. The summed E-state index contributed by atoms with van der Waals surface area (Å²) in [6, 6.07) is 1.99. The lowest BCUT2D eigenvalue weighted by molar-refractivity contribution is -0.132. The summed E-state index contributed by atoms with van der Waals surface area (Å²) in [4.78, 5) is 10.0. The van der Waals surface area contributed by atoms with Gasteiger partial charge in [-0.3, -0.25) is 9.89 Å². The molecule has 1 aromatic heterocycles. The molecule has 0 saturated carbocycles. The summed E-state index contributed by atoms with van der Waals surface area (Å²) in [6.45, 7) is 4.37. The third-order valence-corrected chi connectivity index (χ3v) is 1.85. The maximum Gasteiger partial charge on any atom is 0.293 e. The topological polar surface area (TPSA) is 55.0 Å². The number of carbonyl (C=O) groups excluding carboxylic acids is 1. The minimum absolute atomic E-state index is 0.106. The molecule has 0 spiro atoms. The van der Waals surface area contributed by atoms with Gasteiger partial charge in [0.25, 0.3) is 6.47 Å². The lowest BCUT2D eigenvalue weighted by atomic mass is 10.2. The lowest BCUT2D eigenvalue weighted by Crippen LogP contribution is -2.10. The van der Waals surface area contributed by atoms with Gasteiger partial charge < -0.3 is 4.74 Å². The maximum absolute atomic E-state index is 10.0. The van der Waals surface area contributed by atoms with E-state index in [1.54, 1.807) is 0 Å². The molecule has 0 aromatic carbocycles. The van der Waals surface area contributed by atoms with Crippen LogP contribution in [0.2, 0.25) is 0 Å². The Morgan fingerprint density at radius 1 is 1.77 bits per heavy atom. The molecule has 0 aliphatic heterocycles. The van der Waals surface area contributed by atoms with Crippen LogP contribution in [-0.4, -0.2) is 22.8 Å². The third kappa shape index (κ3) is 2.89. The largest absolute Gasteiger partial charge is 0.464 e. The molecule has 0 radical (unpaired) electrons. The SMILES string of the molecule is CCc1cc(CC(C)OC=O)n[nH]1. The minimum Gasteiger partial charge on any atom is -0.464 e. The van der Waals surface area contributed by atoms with Crippen LogP contribution in [0.4, 0.5) is 0 Å². The fourth-order valence-electron chi connectivity index (χ4n) is 1.13. The first kappa shape index (κ1) is 9.77. The molecule has 1 N–H and O–H groups in total. The number of hydrogen-bond donors (Lipinski definition) is 1. The number of nitrogens with zero attached hydrogens (tertiary/aromatic N) is 1. The molecule has 13 heavy (non-hydrogen) atoms. The van der Waals surface area contributed by atoms with Gasteiger partial charge in [0.1, 0.15) is 6.10 Å². The van der Waals surface area contributed by atoms with Crippen LogP contribution in [0.15, 0.2) is 6.07 Å². The number of nitrogens with one attached hydrogen (secondary N) is 1. The van der Waals surface area contributed by atoms with Gasteiger partial charge in [-0.2, -0.15) is 5.10 Å². The molecule has 1 unspecified atom stereocenters. The van der Waals surface area contributed by atoms with Crippen molar-refractivity contribution in [2.24, 2.45) is 0 Å². The first-order valence-corrected chi connectivity index (χ1v) is 4.38. The predicted molar refractivity (Wildman–Crippen MR) is 48.3 cm³/mol. The molecule has 1 aromatic rings. The molecule has 0 bridgehead atoms. The van der Waals surface area contributed by atoms with E-state index >= 15 is 0 Å². The van der Waals surface area contributed by atoms with E-state index in [9.17, 15) is 4.79 Å². The second-order valence-corrected chi connectivity index (χ2v) is 2.99. The number of aromatic amines is 1. The quantitative estimate of drug-likeness (QED) is 0.693. The van der Waals surface area contributed by atoms with Crippen molar-refractivity contribution in [2.45, 2.75) is 32.8 Å². The van der Waals surface area contributed by atoms with Crippen LogP contribution in [0, 0.1) is 0 Å². The minimum atomic E-state index is -0.106. The van der Waals surface area contributed by atoms with Gasteiger partial charge >= 0.3 is 0 Å². The van der Waals surface area contributed by atoms with Crippen molar-refractivity contribution in [1.29, 1.82) is 0 Å². The molecule has 1 rings (SSSR count). The van der Waals surface area contributed by atoms with Crippen molar-refractivity contribution in [3.63, 3.8) is 0 Å². The zero-order valence-corrected chi connectivity index (χ0v) is 7.91. The molecule has 4 nitrogen and oxygen atoms in total. The van der Waals surface area contributed by atoms with Gasteiger partial charge in [0.15, 0.2) is 0 Å².